The summed E-state index contributed by atoms with van der Waals surface area (Å²) < 4.78 is 3.88. The van der Waals surface area contributed by atoms with Crippen molar-refractivity contribution in [2.75, 3.05) is 11.1 Å². The summed E-state index contributed by atoms with van der Waals surface area (Å²) in [6.45, 7) is 8.06. The molecule has 1 N–H and O–H groups in total. The minimum absolute atomic E-state index is 0.0237. The lowest BCUT2D eigenvalue weighted by Crippen LogP contribution is -2.16. The molecule has 0 bridgehead atoms. The van der Waals surface area contributed by atoms with Crippen LogP contribution in [0.4, 0.5) is 5.69 Å². The van der Waals surface area contributed by atoms with E-state index in [4.69, 9.17) is 0 Å². The van der Waals surface area contributed by atoms with E-state index in [0.717, 1.165) is 35.7 Å². The summed E-state index contributed by atoms with van der Waals surface area (Å²) in [6.07, 6.45) is 4.76. The monoisotopic (exact) mass is 377 g/mol. The zero-order chi connectivity index (χ0) is 18.7. The number of aromatic nitrogens is 6. The first-order valence-corrected chi connectivity index (χ1v) is 10.3. The quantitative estimate of drug-likeness (QED) is 0.797. The Morgan fingerprint density at radius 2 is 2.04 bits per heavy atom. The SMILES string of the molecule is Cc1nn(C(C)C)c(C)c1NC(=O)CSCc1nnnn1C1CCCC1. The van der Waals surface area contributed by atoms with Crippen molar-refractivity contribution in [3.05, 3.63) is 17.2 Å². The van der Waals surface area contributed by atoms with Crippen LogP contribution in [0.5, 0.6) is 0 Å². The molecule has 0 aliphatic heterocycles. The number of aryl methyl sites for hydroxylation is 1. The molecule has 0 atom stereocenters. The van der Waals surface area contributed by atoms with Gasteiger partial charge in [-0.15, -0.1) is 16.9 Å². The second kappa shape index (κ2) is 8.20. The largest absolute Gasteiger partial charge is 0.322 e. The number of nitrogens with zero attached hydrogens (tertiary/aromatic N) is 6. The minimum atomic E-state index is -0.0237. The van der Waals surface area contributed by atoms with E-state index < -0.39 is 0 Å². The maximum atomic E-state index is 12.3. The van der Waals surface area contributed by atoms with E-state index in [9.17, 15) is 4.79 Å². The molecular weight excluding hydrogens is 350 g/mol. The van der Waals surface area contributed by atoms with Gasteiger partial charge in [-0.2, -0.15) is 5.10 Å². The van der Waals surface area contributed by atoms with Crippen molar-refractivity contribution in [2.24, 2.45) is 0 Å². The second-order valence-electron chi connectivity index (χ2n) is 7.10. The highest BCUT2D eigenvalue weighted by molar-refractivity contribution is 7.99. The molecular formula is C17H27N7OS. The predicted octanol–water partition coefficient (Wildman–Crippen LogP) is 3.05. The number of hydrogen-bond acceptors (Lipinski definition) is 6. The fraction of sp³-hybridized carbons (Fsp3) is 0.706. The highest BCUT2D eigenvalue weighted by Crippen LogP contribution is 2.30. The van der Waals surface area contributed by atoms with Crippen LogP contribution in [-0.4, -0.2) is 41.6 Å². The van der Waals surface area contributed by atoms with Gasteiger partial charge >= 0.3 is 0 Å². The highest BCUT2D eigenvalue weighted by Gasteiger charge is 2.21. The van der Waals surface area contributed by atoms with Gasteiger partial charge < -0.3 is 5.32 Å². The van der Waals surface area contributed by atoms with Crippen LogP contribution < -0.4 is 5.32 Å². The lowest BCUT2D eigenvalue weighted by molar-refractivity contribution is -0.113. The molecule has 0 saturated heterocycles. The van der Waals surface area contributed by atoms with Gasteiger partial charge in [-0.05, 0) is 51.0 Å². The predicted molar refractivity (Wildman–Crippen MR) is 102 cm³/mol. The molecule has 142 valence electrons. The Morgan fingerprint density at radius 1 is 1.31 bits per heavy atom. The Balaban J connectivity index is 1.53. The average Bonchev–Trinajstić information content (AvgIpc) is 3.31. The van der Waals surface area contributed by atoms with Gasteiger partial charge in [-0.25, -0.2) is 4.68 Å². The van der Waals surface area contributed by atoms with Gasteiger partial charge in [0, 0.05) is 6.04 Å². The zero-order valence-electron chi connectivity index (χ0n) is 15.9. The number of tetrazole rings is 1. The van der Waals surface area contributed by atoms with Crippen LogP contribution in [0, 0.1) is 13.8 Å². The molecule has 1 aliphatic rings. The summed E-state index contributed by atoms with van der Waals surface area (Å²) in [5.41, 5.74) is 2.65. The van der Waals surface area contributed by atoms with Crippen LogP contribution in [0.15, 0.2) is 0 Å². The third kappa shape index (κ3) is 4.08. The molecule has 1 aliphatic carbocycles. The van der Waals surface area contributed by atoms with E-state index in [1.54, 1.807) is 0 Å². The van der Waals surface area contributed by atoms with Gasteiger partial charge in [0.05, 0.1) is 34.6 Å². The van der Waals surface area contributed by atoms with E-state index in [1.807, 2.05) is 23.2 Å². The van der Waals surface area contributed by atoms with Crippen LogP contribution in [0.1, 0.15) is 68.8 Å². The van der Waals surface area contributed by atoms with Crippen LogP contribution >= 0.6 is 11.8 Å². The van der Waals surface area contributed by atoms with Crippen molar-refractivity contribution in [2.45, 2.75) is 71.2 Å². The molecule has 26 heavy (non-hydrogen) atoms. The molecule has 0 spiro atoms. The van der Waals surface area contributed by atoms with Crippen LogP contribution in [0.25, 0.3) is 0 Å². The normalized spacial score (nSPS) is 15.1. The number of rotatable bonds is 7. The molecule has 1 amide bonds. The van der Waals surface area contributed by atoms with Crippen LogP contribution in [0.2, 0.25) is 0 Å². The van der Waals surface area contributed by atoms with Crippen molar-refractivity contribution in [1.82, 2.24) is 30.0 Å². The van der Waals surface area contributed by atoms with Gasteiger partial charge in [0.1, 0.15) is 0 Å². The molecule has 2 aromatic heterocycles. The Kier molecular flexibility index (Phi) is 5.95. The second-order valence-corrected chi connectivity index (χ2v) is 8.09. The fourth-order valence-electron chi connectivity index (χ4n) is 3.50. The molecule has 0 aromatic carbocycles. The zero-order valence-corrected chi connectivity index (χ0v) is 16.7. The number of carbonyl (C=O) groups excluding carboxylic acids is 1. The summed E-state index contributed by atoms with van der Waals surface area (Å²) >= 11 is 1.53. The summed E-state index contributed by atoms with van der Waals surface area (Å²) in [4.78, 5) is 12.3. The molecule has 8 nitrogen and oxygen atoms in total. The van der Waals surface area contributed by atoms with Crippen LogP contribution in [-0.2, 0) is 10.5 Å². The van der Waals surface area contributed by atoms with Gasteiger partial charge in [-0.1, -0.05) is 12.8 Å². The third-order valence-corrected chi connectivity index (χ3v) is 5.70. The number of hydrogen-bond donors (Lipinski definition) is 1. The number of thioether (sulfide) groups is 1. The third-order valence-electron chi connectivity index (χ3n) is 4.77. The van der Waals surface area contributed by atoms with E-state index in [1.165, 1.54) is 24.6 Å². The lowest BCUT2D eigenvalue weighted by Gasteiger charge is -2.11. The van der Waals surface area contributed by atoms with Crippen molar-refractivity contribution in [3.8, 4) is 0 Å². The molecule has 2 aromatic rings. The van der Waals surface area contributed by atoms with E-state index in [-0.39, 0.29) is 11.9 Å². The number of nitrogens with one attached hydrogen (secondary N) is 1. The van der Waals surface area contributed by atoms with Crippen molar-refractivity contribution in [3.63, 3.8) is 0 Å². The molecule has 1 fully saturated rings. The maximum absolute atomic E-state index is 12.3. The molecule has 0 radical (unpaired) electrons. The number of carbonyl (C=O) groups is 1. The van der Waals surface area contributed by atoms with Crippen molar-refractivity contribution < 1.29 is 4.79 Å². The number of anilines is 1. The Hall–Kier alpha value is -1.90. The molecule has 2 heterocycles. The minimum Gasteiger partial charge on any atom is -0.322 e. The Bertz CT molecular complexity index is 761. The van der Waals surface area contributed by atoms with Crippen LogP contribution in [0.3, 0.4) is 0 Å². The summed E-state index contributed by atoms with van der Waals surface area (Å²) in [5.74, 6) is 1.84. The summed E-state index contributed by atoms with van der Waals surface area (Å²) in [6, 6.07) is 0.685. The van der Waals surface area contributed by atoms with Gasteiger partial charge in [0.15, 0.2) is 5.82 Å². The fourth-order valence-corrected chi connectivity index (χ4v) is 4.23. The topological polar surface area (TPSA) is 90.5 Å². The smallest absolute Gasteiger partial charge is 0.234 e. The van der Waals surface area contributed by atoms with Gasteiger partial charge in [0.25, 0.3) is 0 Å². The number of amides is 1. The summed E-state index contributed by atoms with van der Waals surface area (Å²) in [7, 11) is 0. The maximum Gasteiger partial charge on any atom is 0.234 e. The summed E-state index contributed by atoms with van der Waals surface area (Å²) in [5, 5.41) is 19.6. The first kappa shape index (κ1) is 18.9. The van der Waals surface area contributed by atoms with E-state index >= 15 is 0 Å². The Labute approximate surface area is 158 Å². The average molecular weight is 378 g/mol. The lowest BCUT2D eigenvalue weighted by atomic mass is 10.2. The van der Waals surface area contributed by atoms with Gasteiger partial charge in [0.2, 0.25) is 5.91 Å². The standard InChI is InChI=1S/C17H27N7OS/c1-11(2)23-13(4)17(12(3)20-23)18-16(25)10-26-9-15-19-21-22-24(15)14-7-5-6-8-14/h11,14H,5-10H2,1-4H3,(H,18,25). The van der Waals surface area contributed by atoms with Gasteiger partial charge in [-0.3, -0.25) is 9.48 Å². The first-order valence-electron chi connectivity index (χ1n) is 9.17. The molecule has 9 heteroatoms. The van der Waals surface area contributed by atoms with E-state index in [0.29, 0.717) is 17.5 Å². The van der Waals surface area contributed by atoms with Crippen molar-refractivity contribution in [1.29, 1.82) is 0 Å². The first-order chi connectivity index (χ1) is 12.5. The molecule has 3 rings (SSSR count). The molecule has 1 saturated carbocycles. The highest BCUT2D eigenvalue weighted by atomic mass is 32.2. The van der Waals surface area contributed by atoms with E-state index in [2.05, 4.69) is 39.8 Å². The van der Waals surface area contributed by atoms with Crippen molar-refractivity contribution >= 4 is 23.4 Å². The molecule has 0 unspecified atom stereocenters. The Morgan fingerprint density at radius 3 is 2.69 bits per heavy atom.